The summed E-state index contributed by atoms with van der Waals surface area (Å²) in [4.78, 5) is 19.0. The number of rotatable bonds is 6. The van der Waals surface area contributed by atoms with Crippen LogP contribution >= 0.6 is 0 Å². The Hall–Kier alpha value is -2.40. The van der Waals surface area contributed by atoms with Gasteiger partial charge in [0.15, 0.2) is 11.7 Å². The van der Waals surface area contributed by atoms with Gasteiger partial charge in [-0.25, -0.2) is 4.98 Å². The van der Waals surface area contributed by atoms with Crippen LogP contribution in [0.2, 0.25) is 0 Å². The zero-order valence-corrected chi connectivity index (χ0v) is 11.4. The van der Waals surface area contributed by atoms with Crippen LogP contribution in [0.25, 0.3) is 11.0 Å². The minimum atomic E-state index is -4.43. The van der Waals surface area contributed by atoms with Crippen LogP contribution in [-0.2, 0) is 9.53 Å². The van der Waals surface area contributed by atoms with Gasteiger partial charge in [0, 0.05) is 6.42 Å². The van der Waals surface area contributed by atoms with E-state index in [1.165, 1.54) is 0 Å². The number of aromatic amines is 1. The first-order valence-electron chi connectivity index (χ1n) is 6.42. The highest BCUT2D eigenvalue weighted by molar-refractivity contribution is 5.88. The smallest absolute Gasteiger partial charge is 0.372 e. The number of hydrogen-bond donors (Lipinski definition) is 1. The van der Waals surface area contributed by atoms with Crippen molar-refractivity contribution in [2.75, 3.05) is 13.2 Å². The molecule has 1 heterocycles. The molecule has 0 saturated heterocycles. The third-order valence-corrected chi connectivity index (χ3v) is 2.89. The van der Waals surface area contributed by atoms with Gasteiger partial charge in [0.05, 0.1) is 23.7 Å². The first-order chi connectivity index (χ1) is 10.4. The van der Waals surface area contributed by atoms with Gasteiger partial charge in [-0.3, -0.25) is 4.79 Å². The quantitative estimate of drug-likeness (QED) is 0.832. The molecule has 0 amide bonds. The molecule has 1 N–H and O–H groups in total. The minimum Gasteiger partial charge on any atom is -0.372 e. The van der Waals surface area contributed by atoms with Crippen LogP contribution in [0.3, 0.4) is 0 Å². The second-order valence-electron chi connectivity index (χ2n) is 4.59. The Balaban J connectivity index is 1.99. The van der Waals surface area contributed by atoms with E-state index in [-0.39, 0.29) is 12.2 Å². The molecule has 5 nitrogen and oxygen atoms in total. The first kappa shape index (κ1) is 16.0. The fraction of sp³-hybridized carbons (Fsp3) is 0.357. The summed E-state index contributed by atoms with van der Waals surface area (Å²) in [5.41, 5.74) is 1.29. The number of halogens is 3. The Kier molecular flexibility index (Phi) is 4.78. The Morgan fingerprint density at radius 1 is 1.41 bits per heavy atom. The molecule has 0 spiro atoms. The van der Waals surface area contributed by atoms with Gasteiger partial charge in [0.25, 0.3) is 0 Å². The number of carbonyl (C=O) groups excluding carboxylic acids is 1. The van der Waals surface area contributed by atoms with Crippen molar-refractivity contribution in [2.45, 2.75) is 18.5 Å². The third-order valence-electron chi connectivity index (χ3n) is 2.89. The van der Waals surface area contributed by atoms with Crippen LogP contribution in [0.5, 0.6) is 0 Å². The van der Waals surface area contributed by atoms with Crippen molar-refractivity contribution >= 4 is 16.8 Å². The maximum absolute atomic E-state index is 11.9. The number of nitrogens with zero attached hydrogens (tertiary/aromatic N) is 2. The highest BCUT2D eigenvalue weighted by Gasteiger charge is 2.28. The average Bonchev–Trinajstić information content (AvgIpc) is 2.86. The van der Waals surface area contributed by atoms with E-state index in [9.17, 15) is 18.0 Å². The van der Waals surface area contributed by atoms with Gasteiger partial charge in [-0.15, -0.1) is 0 Å². The molecule has 0 bridgehead atoms. The van der Waals surface area contributed by atoms with E-state index in [1.54, 1.807) is 24.3 Å². The molecule has 1 aromatic heterocycles. The minimum absolute atomic E-state index is 0.185. The summed E-state index contributed by atoms with van der Waals surface area (Å²) in [6, 6.07) is 8.83. The van der Waals surface area contributed by atoms with Gasteiger partial charge in [0.1, 0.15) is 12.4 Å². The maximum Gasteiger partial charge on any atom is 0.411 e. The fourth-order valence-corrected chi connectivity index (χ4v) is 1.90. The predicted molar refractivity (Wildman–Crippen MR) is 70.9 cm³/mol. The number of H-pyrrole nitrogens is 1. The van der Waals surface area contributed by atoms with Gasteiger partial charge in [0.2, 0.25) is 0 Å². The van der Waals surface area contributed by atoms with Crippen molar-refractivity contribution in [2.24, 2.45) is 0 Å². The number of aromatic nitrogens is 2. The highest BCUT2D eigenvalue weighted by Crippen LogP contribution is 2.19. The summed E-state index contributed by atoms with van der Waals surface area (Å²) in [7, 11) is 0. The zero-order valence-electron chi connectivity index (χ0n) is 11.4. The van der Waals surface area contributed by atoms with Gasteiger partial charge < -0.3 is 9.72 Å². The van der Waals surface area contributed by atoms with E-state index in [4.69, 9.17) is 5.26 Å². The summed E-state index contributed by atoms with van der Waals surface area (Å²) >= 11 is 0. The lowest BCUT2D eigenvalue weighted by atomic mass is 10.0. The Labute approximate surface area is 123 Å². The number of alkyl halides is 3. The number of para-hydroxylation sites is 2. The second kappa shape index (κ2) is 6.58. The van der Waals surface area contributed by atoms with E-state index in [0.717, 1.165) is 0 Å². The molecule has 22 heavy (non-hydrogen) atoms. The maximum atomic E-state index is 11.9. The van der Waals surface area contributed by atoms with E-state index in [2.05, 4.69) is 14.7 Å². The van der Waals surface area contributed by atoms with Gasteiger partial charge in [-0.05, 0) is 12.1 Å². The molecule has 1 aromatic carbocycles. The molecule has 2 aromatic rings. The summed E-state index contributed by atoms with van der Waals surface area (Å²) in [6.07, 6.45) is -4.72. The van der Waals surface area contributed by atoms with Crippen molar-refractivity contribution in [3.05, 3.63) is 30.1 Å². The number of hydrogen-bond acceptors (Lipinski definition) is 4. The molecule has 0 aliphatic heterocycles. The van der Waals surface area contributed by atoms with Crippen molar-refractivity contribution in [3.8, 4) is 6.07 Å². The Morgan fingerprint density at radius 2 is 2.14 bits per heavy atom. The number of ether oxygens (including phenoxy) is 1. The van der Waals surface area contributed by atoms with Crippen LogP contribution in [-0.4, -0.2) is 35.1 Å². The largest absolute Gasteiger partial charge is 0.411 e. The lowest BCUT2D eigenvalue weighted by Gasteiger charge is -2.08. The lowest BCUT2D eigenvalue weighted by molar-refractivity contribution is -0.174. The first-order valence-corrected chi connectivity index (χ1v) is 6.42. The standard InChI is InChI=1S/C14H12F3N3O2/c15-14(16,17)8-22-6-5-12(21)9(7-18)13-19-10-3-1-2-4-11(10)20-13/h1-4,9H,5-6,8H2,(H,19,20). The molecular weight excluding hydrogens is 299 g/mol. The van der Waals surface area contributed by atoms with Crippen molar-refractivity contribution < 1.29 is 22.7 Å². The molecule has 0 radical (unpaired) electrons. The van der Waals surface area contributed by atoms with Gasteiger partial charge in [-0.1, -0.05) is 12.1 Å². The average molecular weight is 311 g/mol. The van der Waals surface area contributed by atoms with Crippen LogP contribution < -0.4 is 0 Å². The molecule has 0 saturated carbocycles. The number of fused-ring (bicyclic) bond motifs is 1. The van der Waals surface area contributed by atoms with E-state index in [1.807, 2.05) is 6.07 Å². The predicted octanol–water partition coefficient (Wildman–Crippen LogP) is 2.71. The normalized spacial score (nSPS) is 13.0. The molecule has 1 unspecified atom stereocenters. The number of carbonyl (C=O) groups is 1. The number of nitriles is 1. The van der Waals surface area contributed by atoms with Crippen molar-refractivity contribution in [3.63, 3.8) is 0 Å². The topological polar surface area (TPSA) is 78.8 Å². The number of imidazole rings is 1. The van der Waals surface area contributed by atoms with Crippen LogP contribution in [0.15, 0.2) is 24.3 Å². The summed E-state index contributed by atoms with van der Waals surface area (Å²) in [6.45, 7) is -1.81. The summed E-state index contributed by atoms with van der Waals surface area (Å²) in [5.74, 6) is -1.50. The van der Waals surface area contributed by atoms with Gasteiger partial charge in [-0.2, -0.15) is 18.4 Å². The molecule has 0 aliphatic rings. The van der Waals surface area contributed by atoms with Crippen molar-refractivity contribution in [1.29, 1.82) is 5.26 Å². The van der Waals surface area contributed by atoms with E-state index >= 15 is 0 Å². The van der Waals surface area contributed by atoms with Crippen molar-refractivity contribution in [1.82, 2.24) is 9.97 Å². The Bertz CT molecular complexity index is 670. The molecule has 0 fully saturated rings. The van der Waals surface area contributed by atoms with E-state index in [0.29, 0.717) is 11.0 Å². The molecule has 2 rings (SSSR count). The Morgan fingerprint density at radius 3 is 2.77 bits per heavy atom. The molecule has 8 heteroatoms. The molecule has 0 aliphatic carbocycles. The molecule has 1 atom stereocenters. The van der Waals surface area contributed by atoms with Crippen LogP contribution in [0.1, 0.15) is 18.2 Å². The summed E-state index contributed by atoms with van der Waals surface area (Å²) < 4.78 is 40.1. The SMILES string of the molecule is N#CC(C(=O)CCOCC(F)(F)F)c1nc2ccccc2[nH]1. The van der Waals surface area contributed by atoms with Crippen LogP contribution in [0.4, 0.5) is 13.2 Å². The number of nitrogens with one attached hydrogen (secondary N) is 1. The van der Waals surface area contributed by atoms with Gasteiger partial charge >= 0.3 is 6.18 Å². The van der Waals surface area contributed by atoms with Crippen LogP contribution in [0, 0.1) is 11.3 Å². The fourth-order valence-electron chi connectivity index (χ4n) is 1.90. The monoisotopic (exact) mass is 311 g/mol. The second-order valence-corrected chi connectivity index (χ2v) is 4.59. The number of benzene rings is 1. The zero-order chi connectivity index (χ0) is 16.2. The lowest BCUT2D eigenvalue weighted by Crippen LogP contribution is -2.20. The third kappa shape index (κ3) is 4.05. The summed E-state index contributed by atoms with van der Waals surface area (Å²) in [5, 5.41) is 9.11. The highest BCUT2D eigenvalue weighted by atomic mass is 19.4. The molecule has 116 valence electrons. The number of ketones is 1. The van der Waals surface area contributed by atoms with E-state index < -0.39 is 31.1 Å². The molecular formula is C14H12F3N3O2. The number of Topliss-reactive ketones (excluding diaryl/α,β-unsaturated/α-hetero) is 1.